The molecule has 0 aliphatic carbocycles. The largest absolute Gasteiger partial charge is 0.497 e. The summed E-state index contributed by atoms with van der Waals surface area (Å²) in [7, 11) is 1.68. The van der Waals surface area contributed by atoms with Crippen LogP contribution in [0.3, 0.4) is 0 Å². The Balaban J connectivity index is 2.12. The fourth-order valence-corrected chi connectivity index (χ4v) is 2.21. The Hall–Kier alpha value is -1.70. The summed E-state index contributed by atoms with van der Waals surface area (Å²) in [4.78, 5) is 0. The second-order valence-corrected chi connectivity index (χ2v) is 5.47. The van der Waals surface area contributed by atoms with Gasteiger partial charge in [-0.15, -0.1) is 0 Å². The lowest BCUT2D eigenvalue weighted by Gasteiger charge is -2.31. The van der Waals surface area contributed by atoms with Crippen LogP contribution in [0.15, 0.2) is 35.9 Å². The molecule has 19 heavy (non-hydrogen) atoms. The van der Waals surface area contributed by atoms with E-state index in [1.54, 1.807) is 7.11 Å². The summed E-state index contributed by atoms with van der Waals surface area (Å²) in [6.07, 6.45) is 8.55. The van der Waals surface area contributed by atoms with Gasteiger partial charge in [-0.3, -0.25) is 0 Å². The van der Waals surface area contributed by atoms with Gasteiger partial charge in [0.05, 0.1) is 7.11 Å². The number of ether oxygens (including phenoxy) is 2. The molecule has 2 nitrogen and oxygen atoms in total. The summed E-state index contributed by atoms with van der Waals surface area (Å²) in [5.74, 6) is 1.79. The van der Waals surface area contributed by atoms with Crippen LogP contribution in [0.4, 0.5) is 0 Å². The van der Waals surface area contributed by atoms with Gasteiger partial charge in [-0.05, 0) is 57.9 Å². The van der Waals surface area contributed by atoms with Crippen LogP contribution in [0.5, 0.6) is 11.5 Å². The first-order valence-electron chi connectivity index (χ1n) is 6.72. The lowest BCUT2D eigenvalue weighted by Crippen LogP contribution is -2.31. The van der Waals surface area contributed by atoms with E-state index in [1.807, 2.05) is 18.2 Å². The first-order valence-corrected chi connectivity index (χ1v) is 6.72. The molecule has 0 unspecified atom stereocenters. The molecule has 1 atom stereocenters. The molecule has 0 radical (unpaired) electrons. The summed E-state index contributed by atoms with van der Waals surface area (Å²) >= 11 is 0. The van der Waals surface area contributed by atoms with Gasteiger partial charge < -0.3 is 9.47 Å². The maximum atomic E-state index is 6.13. The van der Waals surface area contributed by atoms with Crippen LogP contribution in [0, 0.1) is 0 Å². The Bertz CT molecular complexity index is 510. The molecule has 2 heteroatoms. The number of methoxy groups -OCH3 is 1. The van der Waals surface area contributed by atoms with E-state index < -0.39 is 0 Å². The minimum absolute atomic E-state index is 0.215. The molecule has 2 rings (SSSR count). The highest BCUT2D eigenvalue weighted by molar-refractivity contribution is 5.62. The van der Waals surface area contributed by atoms with Gasteiger partial charge in [0, 0.05) is 5.56 Å². The fourth-order valence-electron chi connectivity index (χ4n) is 2.21. The smallest absolute Gasteiger partial charge is 0.128 e. The Morgan fingerprint density at radius 1 is 1.37 bits per heavy atom. The van der Waals surface area contributed by atoms with Gasteiger partial charge in [0.2, 0.25) is 0 Å². The Kier molecular flexibility index (Phi) is 3.98. The molecule has 1 heterocycles. The molecule has 0 fully saturated rings. The van der Waals surface area contributed by atoms with Gasteiger partial charge in [-0.25, -0.2) is 0 Å². The number of hydrogen-bond acceptors (Lipinski definition) is 2. The van der Waals surface area contributed by atoms with E-state index in [4.69, 9.17) is 9.47 Å². The van der Waals surface area contributed by atoms with Crippen LogP contribution >= 0.6 is 0 Å². The topological polar surface area (TPSA) is 18.5 Å². The van der Waals surface area contributed by atoms with Crippen molar-refractivity contribution in [1.29, 1.82) is 0 Å². The maximum absolute atomic E-state index is 6.13. The average Bonchev–Trinajstić information content (AvgIpc) is 2.37. The van der Waals surface area contributed by atoms with Crippen molar-refractivity contribution in [2.24, 2.45) is 0 Å². The first kappa shape index (κ1) is 13.7. The monoisotopic (exact) mass is 258 g/mol. The standard InChI is InChI=1S/C17H22O2/c1-13(2)6-5-10-17(3)11-9-14-12-15(18-4)7-8-16(14)19-17/h6-9,11-12H,5,10H2,1-4H3/t17-/m1/s1. The Morgan fingerprint density at radius 2 is 2.16 bits per heavy atom. The molecule has 1 aromatic carbocycles. The van der Waals surface area contributed by atoms with E-state index in [0.717, 1.165) is 29.9 Å². The van der Waals surface area contributed by atoms with Gasteiger partial charge in [0.15, 0.2) is 0 Å². The van der Waals surface area contributed by atoms with Crippen molar-refractivity contribution >= 4 is 6.08 Å². The molecule has 1 aliphatic heterocycles. The van der Waals surface area contributed by atoms with Crippen LogP contribution < -0.4 is 9.47 Å². The van der Waals surface area contributed by atoms with Crippen molar-refractivity contribution in [2.75, 3.05) is 7.11 Å². The summed E-state index contributed by atoms with van der Waals surface area (Å²) in [6.45, 7) is 6.39. The van der Waals surface area contributed by atoms with Crippen LogP contribution in [-0.2, 0) is 0 Å². The SMILES string of the molecule is COc1ccc2c(c1)C=C[C@@](C)(CCC=C(C)C)O2. The Labute approximate surface area is 115 Å². The van der Waals surface area contributed by atoms with Crippen molar-refractivity contribution in [2.45, 2.75) is 39.2 Å². The summed E-state index contributed by atoms with van der Waals surface area (Å²) in [6, 6.07) is 5.92. The molecule has 0 spiro atoms. The minimum atomic E-state index is -0.215. The highest BCUT2D eigenvalue weighted by atomic mass is 16.5. The van der Waals surface area contributed by atoms with E-state index in [9.17, 15) is 0 Å². The van der Waals surface area contributed by atoms with Crippen molar-refractivity contribution < 1.29 is 9.47 Å². The van der Waals surface area contributed by atoms with E-state index in [0.29, 0.717) is 0 Å². The molecule has 0 bridgehead atoms. The second-order valence-electron chi connectivity index (χ2n) is 5.47. The number of rotatable bonds is 4. The van der Waals surface area contributed by atoms with E-state index in [2.05, 4.69) is 39.0 Å². The van der Waals surface area contributed by atoms with E-state index >= 15 is 0 Å². The molecule has 1 aromatic rings. The zero-order chi connectivity index (χ0) is 13.9. The first-order chi connectivity index (χ1) is 9.02. The fraction of sp³-hybridized carbons (Fsp3) is 0.412. The average molecular weight is 258 g/mol. The van der Waals surface area contributed by atoms with Crippen molar-refractivity contribution in [3.05, 3.63) is 41.5 Å². The molecule has 102 valence electrons. The van der Waals surface area contributed by atoms with Gasteiger partial charge in [0.1, 0.15) is 17.1 Å². The van der Waals surface area contributed by atoms with Gasteiger partial charge in [-0.2, -0.15) is 0 Å². The van der Waals surface area contributed by atoms with E-state index in [-0.39, 0.29) is 5.60 Å². The third-order valence-electron chi connectivity index (χ3n) is 3.37. The molecule has 0 saturated heterocycles. The molecular weight excluding hydrogens is 236 g/mol. The van der Waals surface area contributed by atoms with Crippen molar-refractivity contribution in [3.63, 3.8) is 0 Å². The van der Waals surface area contributed by atoms with Crippen molar-refractivity contribution in [3.8, 4) is 11.5 Å². The van der Waals surface area contributed by atoms with Crippen LogP contribution in [0.1, 0.15) is 39.2 Å². The van der Waals surface area contributed by atoms with Crippen LogP contribution in [0.2, 0.25) is 0 Å². The molecular formula is C17H22O2. The highest BCUT2D eigenvalue weighted by Crippen LogP contribution is 2.35. The lowest BCUT2D eigenvalue weighted by molar-refractivity contribution is 0.128. The summed E-state index contributed by atoms with van der Waals surface area (Å²) in [5, 5.41) is 0. The van der Waals surface area contributed by atoms with Crippen molar-refractivity contribution in [1.82, 2.24) is 0 Å². The third-order valence-corrected chi connectivity index (χ3v) is 3.37. The molecule has 1 aliphatic rings. The number of allylic oxidation sites excluding steroid dienone is 2. The molecule has 0 N–H and O–H groups in total. The van der Waals surface area contributed by atoms with Gasteiger partial charge in [-0.1, -0.05) is 17.7 Å². The highest BCUT2D eigenvalue weighted by Gasteiger charge is 2.26. The van der Waals surface area contributed by atoms with Gasteiger partial charge >= 0.3 is 0 Å². The maximum Gasteiger partial charge on any atom is 0.128 e. The number of benzene rings is 1. The zero-order valence-electron chi connectivity index (χ0n) is 12.2. The molecule has 0 amide bonds. The van der Waals surface area contributed by atoms with E-state index in [1.165, 1.54) is 5.57 Å². The molecule has 0 aromatic heterocycles. The van der Waals surface area contributed by atoms with Crippen LogP contribution in [0.25, 0.3) is 6.08 Å². The lowest BCUT2D eigenvalue weighted by atomic mass is 9.94. The third kappa shape index (κ3) is 3.40. The predicted molar refractivity (Wildman–Crippen MR) is 79.7 cm³/mol. The molecule has 0 saturated carbocycles. The van der Waals surface area contributed by atoms with Crippen LogP contribution in [-0.4, -0.2) is 12.7 Å². The minimum Gasteiger partial charge on any atom is -0.497 e. The summed E-state index contributed by atoms with van der Waals surface area (Å²) in [5.41, 5.74) is 2.22. The Morgan fingerprint density at radius 3 is 2.84 bits per heavy atom. The predicted octanol–water partition coefficient (Wildman–Crippen LogP) is 4.61. The number of hydrogen-bond donors (Lipinski definition) is 0. The normalized spacial score (nSPS) is 20.4. The second kappa shape index (κ2) is 5.52. The zero-order valence-corrected chi connectivity index (χ0v) is 12.2. The summed E-state index contributed by atoms with van der Waals surface area (Å²) < 4.78 is 11.4. The van der Waals surface area contributed by atoms with Gasteiger partial charge in [0.25, 0.3) is 0 Å². The quantitative estimate of drug-likeness (QED) is 0.734. The number of fused-ring (bicyclic) bond motifs is 1.